The second kappa shape index (κ2) is 12.7. The number of nitrogens with one attached hydrogen (secondary N) is 1. The number of nitrogens with zero attached hydrogens (tertiary/aromatic N) is 4. The molecular formula is C32H35N5O3. The van der Waals surface area contributed by atoms with E-state index in [-0.39, 0.29) is 18.4 Å². The molecule has 5 rings (SSSR count). The van der Waals surface area contributed by atoms with E-state index in [0.29, 0.717) is 37.8 Å². The summed E-state index contributed by atoms with van der Waals surface area (Å²) < 4.78 is 7.33. The van der Waals surface area contributed by atoms with Gasteiger partial charge in [-0.2, -0.15) is 0 Å². The van der Waals surface area contributed by atoms with Crippen LogP contribution in [0.3, 0.4) is 0 Å². The first kappa shape index (κ1) is 27.3. The standard InChI is InChI=1S/C32H35N5O3/c1-24-8-12-26(13-9-24)29-22-37(28-14-10-25(2)11-15-28)32(33-29)34-30(38)23-36(17-16-35-18-20-40-21-19-35)31(39)27-6-4-3-5-7-27/h3-15,22H,16-21,23H2,1-2H3,(H,33,34,38). The van der Waals surface area contributed by atoms with Crippen molar-refractivity contribution >= 4 is 17.8 Å². The smallest absolute Gasteiger partial charge is 0.254 e. The fourth-order valence-electron chi connectivity index (χ4n) is 4.67. The molecule has 1 N–H and O–H groups in total. The summed E-state index contributed by atoms with van der Waals surface area (Å²) in [5, 5.41) is 2.99. The van der Waals surface area contributed by atoms with E-state index in [9.17, 15) is 9.59 Å². The number of aromatic nitrogens is 2. The molecule has 1 aromatic heterocycles. The van der Waals surface area contributed by atoms with Crippen molar-refractivity contribution in [1.82, 2.24) is 19.4 Å². The monoisotopic (exact) mass is 537 g/mol. The molecule has 1 fully saturated rings. The predicted octanol–water partition coefficient (Wildman–Crippen LogP) is 4.57. The highest BCUT2D eigenvalue weighted by molar-refractivity contribution is 5.99. The molecule has 0 radical (unpaired) electrons. The number of carbonyl (C=O) groups excluding carboxylic acids is 2. The van der Waals surface area contributed by atoms with Gasteiger partial charge in [0.25, 0.3) is 5.91 Å². The topological polar surface area (TPSA) is 79.7 Å². The summed E-state index contributed by atoms with van der Waals surface area (Å²) in [6.07, 6.45) is 1.93. The minimum atomic E-state index is -0.305. The first-order valence-electron chi connectivity index (χ1n) is 13.6. The van der Waals surface area contributed by atoms with E-state index >= 15 is 0 Å². The molecule has 0 bridgehead atoms. The average Bonchev–Trinajstić information content (AvgIpc) is 3.40. The summed E-state index contributed by atoms with van der Waals surface area (Å²) in [5.74, 6) is -0.0726. The molecule has 2 amide bonds. The summed E-state index contributed by atoms with van der Waals surface area (Å²) in [4.78, 5) is 35.5. The first-order chi connectivity index (χ1) is 19.5. The van der Waals surface area contributed by atoms with E-state index in [1.165, 1.54) is 0 Å². The third kappa shape index (κ3) is 6.83. The molecule has 0 unspecified atom stereocenters. The number of carbonyl (C=O) groups is 2. The quantitative estimate of drug-likeness (QED) is 0.338. The van der Waals surface area contributed by atoms with Crippen LogP contribution in [0.15, 0.2) is 85.1 Å². The Morgan fingerprint density at radius 1 is 0.900 bits per heavy atom. The Bertz CT molecular complexity index is 1430. The molecule has 4 aromatic rings. The highest BCUT2D eigenvalue weighted by atomic mass is 16.5. The van der Waals surface area contributed by atoms with Crippen LogP contribution in [0.2, 0.25) is 0 Å². The van der Waals surface area contributed by atoms with Gasteiger partial charge in [0.2, 0.25) is 11.9 Å². The number of benzene rings is 3. The normalized spacial score (nSPS) is 13.7. The number of amides is 2. The van der Waals surface area contributed by atoms with Gasteiger partial charge in [0.05, 0.1) is 18.9 Å². The molecule has 3 aromatic carbocycles. The highest BCUT2D eigenvalue weighted by Gasteiger charge is 2.22. The van der Waals surface area contributed by atoms with Crippen LogP contribution in [0, 0.1) is 13.8 Å². The third-order valence-electron chi connectivity index (χ3n) is 7.05. The predicted molar refractivity (Wildman–Crippen MR) is 157 cm³/mol. The Balaban J connectivity index is 1.38. The van der Waals surface area contributed by atoms with Crippen LogP contribution in [0.4, 0.5) is 5.95 Å². The van der Waals surface area contributed by atoms with Gasteiger partial charge in [-0.1, -0.05) is 65.7 Å². The van der Waals surface area contributed by atoms with Crippen molar-refractivity contribution in [2.24, 2.45) is 0 Å². The molecule has 8 heteroatoms. The molecule has 0 spiro atoms. The second-order valence-electron chi connectivity index (χ2n) is 10.1. The van der Waals surface area contributed by atoms with Gasteiger partial charge < -0.3 is 9.64 Å². The van der Waals surface area contributed by atoms with Crippen molar-refractivity contribution in [2.45, 2.75) is 13.8 Å². The Kier molecular flexibility index (Phi) is 8.68. The summed E-state index contributed by atoms with van der Waals surface area (Å²) in [7, 11) is 0. The maximum absolute atomic E-state index is 13.4. The maximum atomic E-state index is 13.4. The Morgan fingerprint density at radius 2 is 1.55 bits per heavy atom. The van der Waals surface area contributed by atoms with Crippen LogP contribution >= 0.6 is 0 Å². The van der Waals surface area contributed by atoms with Crippen molar-refractivity contribution in [3.63, 3.8) is 0 Å². The van der Waals surface area contributed by atoms with Gasteiger partial charge >= 0.3 is 0 Å². The van der Waals surface area contributed by atoms with Crippen molar-refractivity contribution < 1.29 is 14.3 Å². The number of hydrogen-bond acceptors (Lipinski definition) is 5. The van der Waals surface area contributed by atoms with Crippen LogP contribution < -0.4 is 5.32 Å². The SMILES string of the molecule is Cc1ccc(-c2cn(-c3ccc(C)cc3)c(NC(=O)CN(CCN3CCOCC3)C(=O)c3ccccc3)n2)cc1. The Labute approximate surface area is 235 Å². The van der Waals surface area contributed by atoms with E-state index < -0.39 is 0 Å². The van der Waals surface area contributed by atoms with Gasteiger partial charge in [-0.15, -0.1) is 0 Å². The zero-order chi connectivity index (χ0) is 27.9. The lowest BCUT2D eigenvalue weighted by Gasteiger charge is -2.30. The van der Waals surface area contributed by atoms with Crippen molar-refractivity contribution in [3.8, 4) is 16.9 Å². The first-order valence-corrected chi connectivity index (χ1v) is 13.6. The van der Waals surface area contributed by atoms with E-state index in [4.69, 9.17) is 9.72 Å². The molecule has 2 heterocycles. The summed E-state index contributed by atoms with van der Waals surface area (Å²) >= 11 is 0. The fraction of sp³-hybridized carbons (Fsp3) is 0.281. The molecule has 0 aliphatic carbocycles. The summed E-state index contributed by atoms with van der Waals surface area (Å²) in [6.45, 7) is 8.09. The molecule has 0 atom stereocenters. The zero-order valence-electron chi connectivity index (χ0n) is 23.0. The molecule has 1 saturated heterocycles. The van der Waals surface area contributed by atoms with E-state index in [1.807, 2.05) is 91.3 Å². The molecule has 0 saturated carbocycles. The van der Waals surface area contributed by atoms with Gasteiger partial charge in [0.15, 0.2) is 0 Å². The maximum Gasteiger partial charge on any atom is 0.254 e. The van der Waals surface area contributed by atoms with Crippen LogP contribution in [0.25, 0.3) is 16.9 Å². The van der Waals surface area contributed by atoms with Crippen LogP contribution in [0.1, 0.15) is 21.5 Å². The summed E-state index contributed by atoms with van der Waals surface area (Å²) in [6, 6.07) is 25.3. The number of anilines is 1. The van der Waals surface area contributed by atoms with E-state index in [2.05, 4.69) is 10.2 Å². The molecule has 206 valence electrons. The molecule has 8 nitrogen and oxygen atoms in total. The van der Waals surface area contributed by atoms with Crippen LogP contribution in [-0.2, 0) is 9.53 Å². The summed E-state index contributed by atoms with van der Waals surface area (Å²) in [5.41, 5.74) is 5.45. The average molecular weight is 538 g/mol. The fourth-order valence-corrected chi connectivity index (χ4v) is 4.67. The van der Waals surface area contributed by atoms with Gasteiger partial charge in [0.1, 0.15) is 6.54 Å². The Hall–Kier alpha value is -4.27. The second-order valence-corrected chi connectivity index (χ2v) is 10.1. The van der Waals surface area contributed by atoms with Gasteiger partial charge in [-0.05, 0) is 38.1 Å². The molecule has 1 aliphatic heterocycles. The van der Waals surface area contributed by atoms with E-state index in [0.717, 1.165) is 41.2 Å². The lowest BCUT2D eigenvalue weighted by molar-refractivity contribution is -0.117. The van der Waals surface area contributed by atoms with Crippen molar-refractivity contribution in [2.75, 3.05) is 51.3 Å². The lowest BCUT2D eigenvalue weighted by Crippen LogP contribution is -2.45. The third-order valence-corrected chi connectivity index (χ3v) is 7.05. The minimum Gasteiger partial charge on any atom is -0.379 e. The van der Waals surface area contributed by atoms with Crippen molar-refractivity contribution in [3.05, 3.63) is 102 Å². The molecule has 1 aliphatic rings. The molecular weight excluding hydrogens is 502 g/mol. The number of aryl methyl sites for hydroxylation is 2. The zero-order valence-corrected chi connectivity index (χ0v) is 23.0. The van der Waals surface area contributed by atoms with Gasteiger partial charge in [-0.25, -0.2) is 4.98 Å². The number of ether oxygens (including phenoxy) is 1. The molecule has 40 heavy (non-hydrogen) atoms. The van der Waals surface area contributed by atoms with Gasteiger partial charge in [0, 0.05) is 49.2 Å². The number of rotatable bonds is 9. The highest BCUT2D eigenvalue weighted by Crippen LogP contribution is 2.25. The van der Waals surface area contributed by atoms with Gasteiger partial charge in [-0.3, -0.25) is 24.4 Å². The minimum absolute atomic E-state index is 0.0846. The van der Waals surface area contributed by atoms with E-state index in [1.54, 1.807) is 17.0 Å². The lowest BCUT2D eigenvalue weighted by atomic mass is 10.1. The van der Waals surface area contributed by atoms with Crippen LogP contribution in [0.5, 0.6) is 0 Å². The number of morpholine rings is 1. The Morgan fingerprint density at radius 3 is 2.23 bits per heavy atom. The van der Waals surface area contributed by atoms with Crippen LogP contribution in [-0.4, -0.2) is 77.1 Å². The number of hydrogen-bond donors (Lipinski definition) is 1. The largest absolute Gasteiger partial charge is 0.379 e. The number of imidazole rings is 1. The van der Waals surface area contributed by atoms with Crippen molar-refractivity contribution in [1.29, 1.82) is 0 Å².